The molecule has 0 N–H and O–H groups in total. The lowest BCUT2D eigenvalue weighted by molar-refractivity contribution is 0.0379. The van der Waals surface area contributed by atoms with Crippen molar-refractivity contribution in [3.05, 3.63) is 59.7 Å². The molecule has 0 amide bonds. The zero-order valence-electron chi connectivity index (χ0n) is 33.2. The highest BCUT2D eigenvalue weighted by molar-refractivity contribution is 7.87. The molecular weight excluding hydrogens is 713 g/mol. The van der Waals surface area contributed by atoms with E-state index in [4.69, 9.17) is 22.6 Å². The third kappa shape index (κ3) is 22.3. The molecule has 0 aliphatic carbocycles. The quantitative estimate of drug-likeness (QED) is 0.0506. The van der Waals surface area contributed by atoms with Crippen molar-refractivity contribution in [3.8, 4) is 0 Å². The summed E-state index contributed by atoms with van der Waals surface area (Å²) < 4.78 is 79.7. The molecule has 2 unspecified atom stereocenters. The van der Waals surface area contributed by atoms with Crippen LogP contribution in [0.5, 0.6) is 0 Å². The lowest BCUT2D eigenvalue weighted by atomic mass is 10.0. The minimum absolute atomic E-state index is 0.00235. The van der Waals surface area contributed by atoms with Gasteiger partial charge in [0, 0.05) is 38.3 Å². The first-order chi connectivity index (χ1) is 25.6. The predicted octanol–water partition coefficient (Wildman–Crippen LogP) is 9.98. The normalized spacial score (nSPS) is 13.4. The van der Waals surface area contributed by atoms with Crippen molar-refractivity contribution in [1.82, 2.24) is 0 Å². The second-order valence-electron chi connectivity index (χ2n) is 14.4. The largest absolute Gasteiger partial charge is 0.381 e. The molecule has 0 fully saturated rings. The first-order valence-corrected chi connectivity index (χ1v) is 23.0. The third-order valence-electron chi connectivity index (χ3n) is 9.33. The Balaban J connectivity index is 1.67. The van der Waals surface area contributed by atoms with Gasteiger partial charge in [0.2, 0.25) is 0 Å². The van der Waals surface area contributed by atoms with Crippen LogP contribution in [0.3, 0.4) is 0 Å². The fraction of sp³-hybridized carbons (Fsp3) is 0.714. The molecule has 11 heteroatoms. The standard InChI is InChI=1S/C42H70O9S2/c1-5-7-9-11-13-15-19-39(35-50-52(43,44)41-25-21-37(3)22-26-41)33-48-31-17-29-47-30-18-32-49-34-40(20-16-14-12-10-8-6-2)36-51-53(45,46)42-27-23-38(4)24-28-42/h21-28,39-40H,5-20,29-36H2,1-4H3. The lowest BCUT2D eigenvalue weighted by Crippen LogP contribution is -2.20. The summed E-state index contributed by atoms with van der Waals surface area (Å²) in [6.07, 6.45) is 17.3. The van der Waals surface area contributed by atoms with Gasteiger partial charge in [-0.2, -0.15) is 16.8 Å². The number of benzene rings is 2. The Hall–Kier alpha value is -1.86. The van der Waals surface area contributed by atoms with Crippen LogP contribution in [0, 0.1) is 25.7 Å². The highest BCUT2D eigenvalue weighted by atomic mass is 32.2. The zero-order chi connectivity index (χ0) is 38.6. The van der Waals surface area contributed by atoms with Crippen LogP contribution < -0.4 is 0 Å². The van der Waals surface area contributed by atoms with E-state index in [0.717, 1.165) is 62.5 Å². The van der Waals surface area contributed by atoms with Crippen molar-refractivity contribution < 1.29 is 39.4 Å². The molecular formula is C42H70O9S2. The fourth-order valence-electron chi connectivity index (χ4n) is 5.90. The molecule has 53 heavy (non-hydrogen) atoms. The smallest absolute Gasteiger partial charge is 0.296 e. The van der Waals surface area contributed by atoms with Crippen molar-refractivity contribution in [1.29, 1.82) is 0 Å². The van der Waals surface area contributed by atoms with Crippen molar-refractivity contribution in [2.45, 2.75) is 140 Å². The molecule has 0 aromatic heterocycles. The highest BCUT2D eigenvalue weighted by Crippen LogP contribution is 2.20. The molecule has 0 saturated heterocycles. The maximum Gasteiger partial charge on any atom is 0.296 e. The predicted molar refractivity (Wildman–Crippen MR) is 213 cm³/mol. The Bertz CT molecular complexity index is 1290. The highest BCUT2D eigenvalue weighted by Gasteiger charge is 2.20. The molecule has 2 rings (SSSR count). The van der Waals surface area contributed by atoms with Gasteiger partial charge >= 0.3 is 0 Å². The van der Waals surface area contributed by atoms with Gasteiger partial charge in [0.05, 0.1) is 36.2 Å². The summed E-state index contributed by atoms with van der Waals surface area (Å²) in [6, 6.07) is 13.4. The number of hydrogen-bond donors (Lipinski definition) is 0. The molecule has 0 heterocycles. The topological polar surface area (TPSA) is 114 Å². The average molecular weight is 783 g/mol. The molecule has 2 aromatic rings. The number of ether oxygens (including phenoxy) is 3. The molecule has 2 aromatic carbocycles. The van der Waals surface area contributed by atoms with E-state index in [1.807, 2.05) is 13.8 Å². The van der Waals surface area contributed by atoms with Crippen LogP contribution in [0.4, 0.5) is 0 Å². The van der Waals surface area contributed by atoms with Gasteiger partial charge in [0.15, 0.2) is 0 Å². The summed E-state index contributed by atoms with van der Waals surface area (Å²) in [6.45, 7) is 11.5. The second-order valence-corrected chi connectivity index (χ2v) is 17.6. The van der Waals surface area contributed by atoms with Crippen LogP contribution in [0.1, 0.15) is 128 Å². The summed E-state index contributed by atoms with van der Waals surface area (Å²) in [5, 5.41) is 0. The van der Waals surface area contributed by atoms with Gasteiger partial charge in [0.1, 0.15) is 0 Å². The van der Waals surface area contributed by atoms with E-state index in [2.05, 4.69) is 13.8 Å². The summed E-state index contributed by atoms with van der Waals surface area (Å²) in [5.74, 6) is -0.00470. The van der Waals surface area contributed by atoms with Crippen LogP contribution >= 0.6 is 0 Å². The molecule has 0 aliphatic rings. The molecule has 0 radical (unpaired) electrons. The Kier molecular flexibility index (Phi) is 25.5. The van der Waals surface area contributed by atoms with Crippen molar-refractivity contribution in [2.75, 3.05) is 52.9 Å². The van der Waals surface area contributed by atoms with E-state index < -0.39 is 20.2 Å². The average Bonchev–Trinajstić information content (AvgIpc) is 3.14. The maximum absolute atomic E-state index is 12.8. The van der Waals surface area contributed by atoms with E-state index in [1.54, 1.807) is 48.5 Å². The van der Waals surface area contributed by atoms with Gasteiger partial charge in [-0.05, 0) is 63.8 Å². The van der Waals surface area contributed by atoms with E-state index in [1.165, 1.54) is 51.4 Å². The lowest BCUT2D eigenvalue weighted by Gasteiger charge is -2.18. The Morgan fingerprint density at radius 2 is 0.774 bits per heavy atom. The van der Waals surface area contributed by atoms with Gasteiger partial charge in [-0.3, -0.25) is 8.37 Å². The molecule has 0 aliphatic heterocycles. The van der Waals surface area contributed by atoms with E-state index in [0.29, 0.717) is 39.6 Å². The van der Waals surface area contributed by atoms with Crippen LogP contribution in [-0.4, -0.2) is 69.7 Å². The SMILES string of the molecule is CCCCCCCCC(COCCCOCCCOCC(CCCCCCCC)COS(=O)(=O)c1ccc(C)cc1)COS(=O)(=O)c1ccc(C)cc1. The van der Waals surface area contributed by atoms with E-state index in [-0.39, 0.29) is 34.8 Å². The summed E-state index contributed by atoms with van der Waals surface area (Å²) in [5.41, 5.74) is 1.99. The molecule has 0 spiro atoms. The van der Waals surface area contributed by atoms with Gasteiger partial charge in [-0.25, -0.2) is 0 Å². The minimum Gasteiger partial charge on any atom is -0.381 e. The minimum atomic E-state index is -3.82. The summed E-state index contributed by atoms with van der Waals surface area (Å²) in [4.78, 5) is 0.354. The first kappa shape index (κ1) is 47.3. The monoisotopic (exact) mass is 782 g/mol. The number of rotatable bonds is 34. The van der Waals surface area contributed by atoms with Crippen LogP contribution in [-0.2, 0) is 42.8 Å². The first-order valence-electron chi connectivity index (χ1n) is 20.2. The molecule has 9 nitrogen and oxygen atoms in total. The van der Waals surface area contributed by atoms with Gasteiger partial charge in [0.25, 0.3) is 20.2 Å². The summed E-state index contributed by atoms with van der Waals surface area (Å²) in [7, 11) is -7.64. The summed E-state index contributed by atoms with van der Waals surface area (Å²) >= 11 is 0. The van der Waals surface area contributed by atoms with Crippen LogP contribution in [0.25, 0.3) is 0 Å². The van der Waals surface area contributed by atoms with Gasteiger partial charge in [-0.1, -0.05) is 126 Å². The molecule has 2 atom stereocenters. The van der Waals surface area contributed by atoms with Crippen LogP contribution in [0.2, 0.25) is 0 Å². The zero-order valence-corrected chi connectivity index (χ0v) is 34.9. The Labute approximate surface area is 323 Å². The molecule has 304 valence electrons. The van der Waals surface area contributed by atoms with Crippen molar-refractivity contribution in [3.63, 3.8) is 0 Å². The van der Waals surface area contributed by atoms with E-state index in [9.17, 15) is 16.8 Å². The Morgan fingerprint density at radius 1 is 0.434 bits per heavy atom. The van der Waals surface area contributed by atoms with Crippen LogP contribution in [0.15, 0.2) is 58.3 Å². The third-order valence-corrected chi connectivity index (χ3v) is 11.9. The maximum atomic E-state index is 12.8. The van der Waals surface area contributed by atoms with E-state index >= 15 is 0 Å². The molecule has 0 saturated carbocycles. The van der Waals surface area contributed by atoms with Gasteiger partial charge in [-0.15, -0.1) is 0 Å². The van der Waals surface area contributed by atoms with Crippen molar-refractivity contribution in [2.24, 2.45) is 11.8 Å². The molecule has 0 bridgehead atoms. The number of aryl methyl sites for hydroxylation is 2. The fourth-order valence-corrected chi connectivity index (χ4v) is 7.86. The second kappa shape index (κ2) is 28.5. The van der Waals surface area contributed by atoms with Gasteiger partial charge < -0.3 is 14.2 Å². The Morgan fingerprint density at radius 3 is 1.15 bits per heavy atom. The number of unbranched alkanes of at least 4 members (excludes halogenated alkanes) is 10. The number of hydrogen-bond acceptors (Lipinski definition) is 9. The van der Waals surface area contributed by atoms with Crippen molar-refractivity contribution >= 4 is 20.2 Å².